The predicted octanol–water partition coefficient (Wildman–Crippen LogP) is 12.5. The van der Waals surface area contributed by atoms with Gasteiger partial charge < -0.3 is 8.85 Å². The standard InChI is InChI=1S/C38H74N2O2Si2.2BrH.Ni/c1-25(2)31-17-15-18-32(26(3)4)37(31)39-35-21-29(23-41-43(9,10)11)30(24-42-44(12,13)14)22-36(35)40-38-33(27(5)6)19-16-20-34(38)28(7)8;;;/h25-34,37-38H,15-24H2,1-14H3;2*1H;/q;;;+2/p-2. The monoisotopic (exact) mass is 862 g/mol. The van der Waals surface area contributed by atoms with Crippen LogP contribution in [0.15, 0.2) is 9.98 Å². The average Bonchev–Trinajstić information content (AvgIpc) is 2.95. The maximum atomic E-state index is 6.67. The molecule has 0 bridgehead atoms. The molecule has 3 aliphatic carbocycles. The zero-order valence-corrected chi connectivity index (χ0v) is 38.9. The summed E-state index contributed by atoms with van der Waals surface area (Å²) in [6.45, 7) is 35.1. The van der Waals surface area contributed by atoms with E-state index in [4.69, 9.17) is 18.8 Å². The van der Waals surface area contributed by atoms with Crippen molar-refractivity contribution in [1.29, 1.82) is 0 Å². The van der Waals surface area contributed by atoms with Gasteiger partial charge in [-0.15, -0.1) is 0 Å². The average molecular weight is 866 g/mol. The van der Waals surface area contributed by atoms with Gasteiger partial charge in [0.05, 0.1) is 23.5 Å². The molecule has 9 heteroatoms. The molecule has 0 aliphatic heterocycles. The summed E-state index contributed by atoms with van der Waals surface area (Å²) in [6.07, 6.45) is 9.97. The maximum absolute atomic E-state index is 6.67. The third-order valence-corrected chi connectivity index (χ3v) is 13.4. The van der Waals surface area contributed by atoms with Crippen molar-refractivity contribution in [3.05, 3.63) is 0 Å². The van der Waals surface area contributed by atoms with Gasteiger partial charge in [-0.25, -0.2) is 0 Å². The van der Waals surface area contributed by atoms with Crippen molar-refractivity contribution in [2.45, 2.75) is 158 Å². The van der Waals surface area contributed by atoms with Crippen LogP contribution in [0.3, 0.4) is 0 Å². The van der Waals surface area contributed by atoms with E-state index in [1.54, 1.807) is 0 Å². The van der Waals surface area contributed by atoms with Crippen LogP contribution in [-0.4, -0.2) is 53.4 Å². The molecule has 0 radical (unpaired) electrons. The molecule has 3 fully saturated rings. The first-order valence-electron chi connectivity index (χ1n) is 19.0. The molecule has 280 valence electrons. The van der Waals surface area contributed by atoms with Crippen molar-refractivity contribution in [1.82, 2.24) is 0 Å². The van der Waals surface area contributed by atoms with Crippen molar-refractivity contribution >= 4 is 56.5 Å². The predicted molar refractivity (Wildman–Crippen MR) is 216 cm³/mol. The van der Waals surface area contributed by atoms with E-state index in [0.717, 1.165) is 26.1 Å². The quantitative estimate of drug-likeness (QED) is 0.183. The fraction of sp³-hybridized carbons (Fsp3) is 0.947. The summed E-state index contributed by atoms with van der Waals surface area (Å²) < 4.78 is 13.3. The molecule has 0 amide bonds. The Morgan fingerprint density at radius 2 is 0.830 bits per heavy atom. The molecule has 3 saturated carbocycles. The second-order valence-corrected chi connectivity index (χ2v) is 32.5. The molecule has 47 heavy (non-hydrogen) atoms. The van der Waals surface area contributed by atoms with Gasteiger partial charge in [0.1, 0.15) is 0 Å². The first kappa shape index (κ1) is 44.3. The van der Waals surface area contributed by atoms with Gasteiger partial charge in [-0.3, -0.25) is 9.98 Å². The van der Waals surface area contributed by atoms with Crippen molar-refractivity contribution < 1.29 is 19.7 Å². The molecular weight excluding hydrogens is 791 g/mol. The van der Waals surface area contributed by atoms with Gasteiger partial charge in [-0.1, -0.05) is 68.2 Å². The third kappa shape index (κ3) is 14.6. The number of halogens is 2. The second-order valence-electron chi connectivity index (χ2n) is 18.4. The fourth-order valence-corrected chi connectivity index (χ4v) is 10.0. The molecule has 0 spiro atoms. The fourth-order valence-electron chi connectivity index (χ4n) is 8.57. The van der Waals surface area contributed by atoms with Crippen LogP contribution in [0.5, 0.6) is 0 Å². The van der Waals surface area contributed by atoms with Gasteiger partial charge >= 0.3 is 39.3 Å². The second kappa shape index (κ2) is 20.4. The SMILES string of the molecule is CC(C)C1CCCC(C(C)C)C1N=C1CC(CO[Si](C)(C)C)C(CO[Si](C)(C)C)CC1=NC1C(C(C)C)CCCC1C(C)C.[Br][Ni][Br]. The molecule has 4 nitrogen and oxygen atoms in total. The van der Waals surface area contributed by atoms with Crippen molar-refractivity contribution in [3.63, 3.8) is 0 Å². The molecule has 0 heterocycles. The normalized spacial score (nSPS) is 32.9. The molecule has 0 saturated heterocycles. The summed E-state index contributed by atoms with van der Waals surface area (Å²) in [5.74, 6) is 6.19. The Morgan fingerprint density at radius 1 is 0.574 bits per heavy atom. The van der Waals surface area contributed by atoms with E-state index in [0.29, 0.717) is 71.3 Å². The number of aliphatic imine (C=N–C) groups is 2. The zero-order valence-electron chi connectivity index (χ0n) is 32.8. The van der Waals surface area contributed by atoms with E-state index in [1.165, 1.54) is 60.8 Å². The van der Waals surface area contributed by atoms with Gasteiger partial charge in [-0.05, 0) is 137 Å². The van der Waals surface area contributed by atoms with E-state index < -0.39 is 16.6 Å². The van der Waals surface area contributed by atoms with Crippen LogP contribution >= 0.6 is 28.5 Å². The summed E-state index contributed by atoms with van der Waals surface area (Å²) in [7, 11) is -2.04. The van der Waals surface area contributed by atoms with E-state index in [1.807, 2.05) is 0 Å². The summed E-state index contributed by atoms with van der Waals surface area (Å²) in [5, 5.41) is 0. The Kier molecular flexibility index (Phi) is 19.2. The molecule has 3 aliphatic rings. The summed E-state index contributed by atoms with van der Waals surface area (Å²) in [4.78, 5) is 11.9. The number of nitrogens with zero attached hydrogens (tertiary/aromatic N) is 2. The first-order valence-corrected chi connectivity index (χ1v) is 30.7. The minimum atomic E-state index is -1.64. The molecule has 6 unspecified atom stereocenters. The Bertz CT molecular complexity index is 872. The van der Waals surface area contributed by atoms with E-state index in [9.17, 15) is 0 Å². The van der Waals surface area contributed by atoms with Crippen molar-refractivity contribution in [3.8, 4) is 0 Å². The number of hydrogen-bond donors (Lipinski definition) is 0. The van der Waals surface area contributed by atoms with Crippen LogP contribution in [-0.2, 0) is 19.7 Å². The summed E-state index contributed by atoms with van der Waals surface area (Å²) >= 11 is 6.00. The van der Waals surface area contributed by atoms with Gasteiger partial charge in [0.2, 0.25) is 0 Å². The number of hydrogen-bond acceptors (Lipinski definition) is 4. The van der Waals surface area contributed by atoms with Crippen LogP contribution < -0.4 is 0 Å². The van der Waals surface area contributed by atoms with Crippen molar-refractivity contribution in [2.75, 3.05) is 13.2 Å². The van der Waals surface area contributed by atoms with Crippen LogP contribution in [0.25, 0.3) is 0 Å². The summed E-state index contributed by atoms with van der Waals surface area (Å²) in [5.41, 5.74) is 2.69. The van der Waals surface area contributed by atoms with E-state index in [2.05, 4.69) is 123 Å². The topological polar surface area (TPSA) is 43.2 Å². The molecule has 0 N–H and O–H groups in total. The summed E-state index contributed by atoms with van der Waals surface area (Å²) in [6, 6.07) is 0.816. The van der Waals surface area contributed by atoms with E-state index >= 15 is 0 Å². The number of rotatable bonds is 12. The Hall–Kier alpha value is 1.15. The Labute approximate surface area is 314 Å². The third-order valence-electron chi connectivity index (χ3n) is 11.3. The van der Waals surface area contributed by atoms with E-state index in [-0.39, 0.29) is 0 Å². The zero-order chi connectivity index (χ0) is 35.7. The molecule has 3 rings (SSSR count). The molecular formula is C38H74Br2N2NiO2Si2. The first-order chi connectivity index (χ1) is 21.8. The Morgan fingerprint density at radius 3 is 1.04 bits per heavy atom. The van der Waals surface area contributed by atoms with Crippen LogP contribution in [0.1, 0.15) is 107 Å². The van der Waals surface area contributed by atoms with Crippen molar-refractivity contribution in [2.24, 2.45) is 69.2 Å². The molecule has 0 aromatic carbocycles. The van der Waals surface area contributed by atoms with Gasteiger partial charge in [0, 0.05) is 13.2 Å². The van der Waals surface area contributed by atoms with Gasteiger partial charge in [0.15, 0.2) is 16.6 Å². The minimum absolute atomic E-state index is 0.408. The Balaban J connectivity index is 0.00000246. The molecule has 6 atom stereocenters. The van der Waals surface area contributed by atoms with Gasteiger partial charge in [0.25, 0.3) is 0 Å². The molecule has 0 aromatic rings. The molecule has 0 aromatic heterocycles. The van der Waals surface area contributed by atoms with Crippen LogP contribution in [0, 0.1) is 59.2 Å². The van der Waals surface area contributed by atoms with Crippen LogP contribution in [0.2, 0.25) is 39.3 Å². The van der Waals surface area contributed by atoms with Crippen LogP contribution in [0.4, 0.5) is 0 Å². The van der Waals surface area contributed by atoms with Gasteiger partial charge in [-0.2, -0.15) is 0 Å².